The zero-order valence-electron chi connectivity index (χ0n) is 23.5. The Morgan fingerprint density at radius 3 is 2.71 bits per heavy atom. The van der Waals surface area contributed by atoms with Crippen LogP contribution in [0.25, 0.3) is 11.5 Å². The summed E-state index contributed by atoms with van der Waals surface area (Å²) in [5, 5.41) is 20.7. The summed E-state index contributed by atoms with van der Waals surface area (Å²) in [4.78, 5) is 38.6. The molecule has 4 unspecified atom stereocenters. The summed E-state index contributed by atoms with van der Waals surface area (Å²) in [5.41, 5.74) is 3.18. The van der Waals surface area contributed by atoms with Gasteiger partial charge in [0, 0.05) is 40.4 Å². The number of nitrogens with zero attached hydrogens (tertiary/aromatic N) is 3. The summed E-state index contributed by atoms with van der Waals surface area (Å²) in [6.07, 6.45) is 6.25. The molecule has 2 amide bonds. The van der Waals surface area contributed by atoms with Crippen molar-refractivity contribution in [1.29, 1.82) is 0 Å². The number of amides is 2. The third kappa shape index (κ3) is 6.16. The van der Waals surface area contributed by atoms with Crippen LogP contribution in [0.15, 0.2) is 70.8 Å². The van der Waals surface area contributed by atoms with E-state index in [0.29, 0.717) is 35.5 Å². The Hall–Kier alpha value is -3.86. The lowest BCUT2D eigenvalue weighted by molar-refractivity contribution is 0.0733. The maximum absolute atomic E-state index is 14.0. The Bertz CT molecular complexity index is 1520. The zero-order chi connectivity index (χ0) is 29.1. The maximum Gasteiger partial charge on any atom is 0.254 e. The van der Waals surface area contributed by atoms with Gasteiger partial charge in [0.05, 0.1) is 24.4 Å². The minimum absolute atomic E-state index is 0.0943. The molecular formula is C32H35N5O4S. The number of rotatable bonds is 9. The minimum atomic E-state index is -0.778. The topological polar surface area (TPSA) is 121 Å². The van der Waals surface area contributed by atoms with Gasteiger partial charge in [-0.1, -0.05) is 30.3 Å². The van der Waals surface area contributed by atoms with Crippen LogP contribution in [-0.4, -0.2) is 63.1 Å². The Balaban J connectivity index is 1.30. The Morgan fingerprint density at radius 1 is 1.17 bits per heavy atom. The third-order valence-electron chi connectivity index (χ3n) is 8.09. The molecule has 4 atom stereocenters. The van der Waals surface area contributed by atoms with Gasteiger partial charge in [-0.25, -0.2) is 9.97 Å². The molecule has 0 saturated carbocycles. The van der Waals surface area contributed by atoms with Gasteiger partial charge < -0.3 is 25.1 Å². The van der Waals surface area contributed by atoms with E-state index in [-0.39, 0.29) is 23.9 Å². The van der Waals surface area contributed by atoms with Crippen LogP contribution in [0.4, 0.5) is 0 Å². The third-order valence-corrected chi connectivity index (χ3v) is 9.16. The minimum Gasteiger partial charge on any atom is -0.445 e. The van der Waals surface area contributed by atoms with Crippen molar-refractivity contribution in [3.05, 3.63) is 93.8 Å². The van der Waals surface area contributed by atoms with Crippen LogP contribution in [0.5, 0.6) is 0 Å². The first-order chi connectivity index (χ1) is 20.5. The van der Waals surface area contributed by atoms with Crippen molar-refractivity contribution in [3.63, 3.8) is 0 Å². The van der Waals surface area contributed by atoms with Gasteiger partial charge in [0.1, 0.15) is 11.3 Å². The van der Waals surface area contributed by atoms with E-state index in [1.54, 1.807) is 29.5 Å². The SMILES string of the molecule is Cc1csc(C2CCCN2C(=O)c2cc(C(=O)NC(Cc3ccccc3)C(O)C3CCCN3)cc(-c3ncco3)c2)n1. The quantitative estimate of drug-likeness (QED) is 0.264. The largest absolute Gasteiger partial charge is 0.445 e. The molecule has 42 heavy (non-hydrogen) atoms. The van der Waals surface area contributed by atoms with Crippen LogP contribution < -0.4 is 10.6 Å². The summed E-state index contributed by atoms with van der Waals surface area (Å²) in [7, 11) is 0. The lowest BCUT2D eigenvalue weighted by Crippen LogP contribution is -2.52. The fourth-order valence-electron chi connectivity index (χ4n) is 5.99. The second kappa shape index (κ2) is 12.6. The smallest absolute Gasteiger partial charge is 0.254 e. The van der Waals surface area contributed by atoms with E-state index in [0.717, 1.165) is 48.5 Å². The summed E-state index contributed by atoms with van der Waals surface area (Å²) in [5.74, 6) is -0.212. The molecule has 2 aromatic carbocycles. The molecule has 10 heteroatoms. The number of carbonyl (C=O) groups is 2. The van der Waals surface area contributed by atoms with Gasteiger partial charge in [0.2, 0.25) is 5.89 Å². The van der Waals surface area contributed by atoms with Crippen molar-refractivity contribution in [3.8, 4) is 11.5 Å². The van der Waals surface area contributed by atoms with Crippen molar-refractivity contribution >= 4 is 23.2 Å². The van der Waals surface area contributed by atoms with Gasteiger partial charge in [0.15, 0.2) is 0 Å². The van der Waals surface area contributed by atoms with Crippen molar-refractivity contribution < 1.29 is 19.1 Å². The highest BCUT2D eigenvalue weighted by molar-refractivity contribution is 7.09. The van der Waals surface area contributed by atoms with Crippen LogP contribution >= 0.6 is 11.3 Å². The normalized spacial score (nSPS) is 20.0. The Kier molecular flexibility index (Phi) is 8.46. The molecule has 2 saturated heterocycles. The van der Waals surface area contributed by atoms with E-state index in [2.05, 4.69) is 20.6 Å². The Labute approximate surface area is 249 Å². The predicted octanol–water partition coefficient (Wildman–Crippen LogP) is 4.54. The molecule has 0 radical (unpaired) electrons. The fourth-order valence-corrected chi connectivity index (χ4v) is 6.93. The number of nitrogens with one attached hydrogen (secondary N) is 2. The molecule has 0 spiro atoms. The van der Waals surface area contributed by atoms with Crippen LogP contribution in [0.1, 0.15) is 68.7 Å². The molecule has 4 aromatic rings. The molecule has 218 valence electrons. The number of likely N-dealkylation sites (tertiary alicyclic amines) is 1. The lowest BCUT2D eigenvalue weighted by atomic mass is 9.95. The highest BCUT2D eigenvalue weighted by Crippen LogP contribution is 2.35. The van der Waals surface area contributed by atoms with Crippen LogP contribution in [0.3, 0.4) is 0 Å². The number of aliphatic hydroxyl groups excluding tert-OH is 1. The molecule has 2 fully saturated rings. The van der Waals surface area contributed by atoms with E-state index >= 15 is 0 Å². The van der Waals surface area contributed by atoms with Gasteiger partial charge in [-0.3, -0.25) is 9.59 Å². The molecule has 2 aliphatic heterocycles. The second-order valence-electron chi connectivity index (χ2n) is 11.1. The number of thiazole rings is 1. The molecule has 6 rings (SSSR count). The molecule has 4 heterocycles. The number of hydrogen-bond donors (Lipinski definition) is 3. The van der Waals surface area contributed by atoms with Crippen molar-refractivity contribution in [1.82, 2.24) is 25.5 Å². The van der Waals surface area contributed by atoms with Crippen molar-refractivity contribution in [2.24, 2.45) is 0 Å². The van der Waals surface area contributed by atoms with Crippen LogP contribution in [0, 0.1) is 6.92 Å². The van der Waals surface area contributed by atoms with Crippen LogP contribution in [0.2, 0.25) is 0 Å². The summed E-state index contributed by atoms with van der Waals surface area (Å²) < 4.78 is 5.55. The standard InChI is InChI=1S/C32H35N5O4S/c1-20-19-42-31(35-20)27-10-6-13-37(27)32(40)24-17-22(16-23(18-24)30-34-12-14-41-30)29(39)36-26(15-21-7-3-2-4-8-21)28(38)25-9-5-11-33-25/h2-4,7-8,12,14,16-19,25-28,33,38H,5-6,9-11,13,15H2,1H3,(H,36,39). The number of oxazole rings is 1. The van der Waals surface area contributed by atoms with Crippen molar-refractivity contribution in [2.45, 2.75) is 63.3 Å². The monoisotopic (exact) mass is 585 g/mol. The summed E-state index contributed by atoms with van der Waals surface area (Å²) in [6, 6.07) is 14.1. The lowest BCUT2D eigenvalue weighted by Gasteiger charge is -2.29. The number of carbonyl (C=O) groups excluding carboxylic acids is 2. The van der Waals surface area contributed by atoms with Gasteiger partial charge in [-0.15, -0.1) is 11.3 Å². The molecular weight excluding hydrogens is 550 g/mol. The van der Waals surface area contributed by atoms with E-state index in [1.807, 2.05) is 47.5 Å². The molecule has 0 bridgehead atoms. The first kappa shape index (κ1) is 28.3. The van der Waals surface area contributed by atoms with E-state index in [4.69, 9.17) is 4.42 Å². The van der Waals surface area contributed by atoms with Crippen molar-refractivity contribution in [2.75, 3.05) is 13.1 Å². The number of aliphatic hydroxyl groups is 1. The van der Waals surface area contributed by atoms with Gasteiger partial charge in [-0.2, -0.15) is 0 Å². The van der Waals surface area contributed by atoms with E-state index in [9.17, 15) is 14.7 Å². The second-order valence-corrected chi connectivity index (χ2v) is 12.0. The first-order valence-electron chi connectivity index (χ1n) is 14.5. The predicted molar refractivity (Wildman–Crippen MR) is 160 cm³/mol. The van der Waals surface area contributed by atoms with E-state index < -0.39 is 12.1 Å². The summed E-state index contributed by atoms with van der Waals surface area (Å²) in [6.45, 7) is 3.42. The van der Waals surface area contributed by atoms with Crippen LogP contribution in [-0.2, 0) is 6.42 Å². The first-order valence-corrected chi connectivity index (χ1v) is 15.4. The number of benzene rings is 2. The Morgan fingerprint density at radius 2 is 2.00 bits per heavy atom. The molecule has 2 aliphatic rings. The summed E-state index contributed by atoms with van der Waals surface area (Å²) >= 11 is 1.57. The number of aromatic nitrogens is 2. The maximum atomic E-state index is 14.0. The number of hydrogen-bond acceptors (Lipinski definition) is 8. The highest BCUT2D eigenvalue weighted by Gasteiger charge is 2.34. The molecule has 0 aliphatic carbocycles. The molecule has 3 N–H and O–H groups in total. The average Bonchev–Trinajstić information content (AvgIpc) is 3.84. The molecule has 2 aromatic heterocycles. The van der Waals surface area contributed by atoms with Gasteiger partial charge in [-0.05, 0) is 69.3 Å². The molecule has 9 nitrogen and oxygen atoms in total. The fraction of sp³-hybridized carbons (Fsp3) is 0.375. The highest BCUT2D eigenvalue weighted by atomic mass is 32.1. The number of aryl methyl sites for hydroxylation is 1. The van der Waals surface area contributed by atoms with E-state index in [1.165, 1.54) is 12.5 Å². The zero-order valence-corrected chi connectivity index (χ0v) is 24.3. The average molecular weight is 586 g/mol. The van der Waals surface area contributed by atoms with Gasteiger partial charge >= 0.3 is 0 Å². The van der Waals surface area contributed by atoms with Gasteiger partial charge in [0.25, 0.3) is 11.8 Å².